The maximum absolute atomic E-state index is 11.5. The Kier molecular flexibility index (Phi) is 9.98. The first-order valence-electron chi connectivity index (χ1n) is 15.9. The molecule has 2 aromatic heterocycles. The number of aliphatic hydroxyl groups excluding tert-OH is 1. The van der Waals surface area contributed by atoms with Crippen molar-refractivity contribution in [1.29, 1.82) is 0 Å². The third-order valence-corrected chi connectivity index (χ3v) is 9.83. The van der Waals surface area contributed by atoms with Crippen molar-refractivity contribution >= 4 is 29.1 Å². The van der Waals surface area contributed by atoms with Crippen molar-refractivity contribution in [2.45, 2.75) is 51.6 Å². The lowest BCUT2D eigenvalue weighted by Gasteiger charge is -2.47. The molecule has 2 aliphatic heterocycles. The molecule has 0 saturated carbocycles. The number of hydrogen-bond acceptors (Lipinski definition) is 8. The number of rotatable bonds is 12. The summed E-state index contributed by atoms with van der Waals surface area (Å²) in [5.41, 5.74) is 5.97. The van der Waals surface area contributed by atoms with E-state index in [9.17, 15) is 9.90 Å². The highest BCUT2D eigenvalue weighted by Crippen LogP contribution is 2.42. The van der Waals surface area contributed by atoms with Gasteiger partial charge in [0.2, 0.25) is 17.7 Å². The van der Waals surface area contributed by atoms with Crippen molar-refractivity contribution in [1.82, 2.24) is 25.2 Å². The Bertz CT molecular complexity index is 1780. The van der Waals surface area contributed by atoms with Crippen LogP contribution in [-0.2, 0) is 17.8 Å². The number of nitrogens with zero attached hydrogens (tertiary/aromatic N) is 4. The smallest absolute Gasteiger partial charge is 0.235 e. The number of hydrogen-bond donors (Lipinski definition) is 2. The van der Waals surface area contributed by atoms with E-state index in [0.29, 0.717) is 58.1 Å². The minimum atomic E-state index is -0.0496. The molecule has 2 aromatic carbocycles. The molecule has 47 heavy (non-hydrogen) atoms. The summed E-state index contributed by atoms with van der Waals surface area (Å²) < 4.78 is 11.3. The average molecular weight is 677 g/mol. The second kappa shape index (κ2) is 14.2. The molecular weight excluding hydrogens is 637 g/mol. The van der Waals surface area contributed by atoms with Crippen LogP contribution in [0.4, 0.5) is 0 Å². The fourth-order valence-electron chi connectivity index (χ4n) is 6.55. The fourth-order valence-corrected chi connectivity index (χ4v) is 7.20. The molecule has 1 atom stereocenters. The number of pyridine rings is 1. The van der Waals surface area contributed by atoms with E-state index >= 15 is 0 Å². The average Bonchev–Trinajstić information content (AvgIpc) is 3.49. The van der Waals surface area contributed by atoms with Gasteiger partial charge >= 0.3 is 0 Å². The van der Waals surface area contributed by atoms with Crippen LogP contribution >= 0.6 is 23.2 Å². The normalized spacial score (nSPS) is 17.3. The molecule has 0 radical (unpaired) electrons. The summed E-state index contributed by atoms with van der Waals surface area (Å²) in [6.45, 7) is 4.61. The highest BCUT2D eigenvalue weighted by atomic mass is 35.5. The second-order valence-electron chi connectivity index (χ2n) is 12.7. The lowest BCUT2D eigenvalue weighted by molar-refractivity contribution is -0.119. The number of ether oxygens (including phenoxy) is 2. The molecule has 0 bridgehead atoms. The quantitative estimate of drug-likeness (QED) is 0.173. The third kappa shape index (κ3) is 7.09. The molecule has 246 valence electrons. The van der Waals surface area contributed by atoms with Crippen LogP contribution in [-0.4, -0.2) is 70.8 Å². The van der Waals surface area contributed by atoms with E-state index in [1.54, 1.807) is 20.4 Å². The van der Waals surface area contributed by atoms with Gasteiger partial charge in [0.25, 0.3) is 0 Å². The molecule has 2 N–H and O–H groups in total. The van der Waals surface area contributed by atoms with E-state index < -0.39 is 0 Å². The van der Waals surface area contributed by atoms with Gasteiger partial charge in [0, 0.05) is 65.3 Å². The van der Waals surface area contributed by atoms with E-state index in [-0.39, 0.29) is 24.0 Å². The van der Waals surface area contributed by atoms with Gasteiger partial charge in [-0.1, -0.05) is 72.6 Å². The molecule has 4 heterocycles. The van der Waals surface area contributed by atoms with Crippen molar-refractivity contribution in [2.75, 3.05) is 33.9 Å². The Morgan fingerprint density at radius 2 is 1.57 bits per heavy atom. The van der Waals surface area contributed by atoms with Crippen molar-refractivity contribution in [2.24, 2.45) is 5.41 Å². The molecule has 4 aromatic rings. The summed E-state index contributed by atoms with van der Waals surface area (Å²) in [6, 6.07) is 15.8. The Labute approximate surface area is 285 Å². The topological polar surface area (TPSA) is 110 Å². The summed E-state index contributed by atoms with van der Waals surface area (Å²) in [6.07, 6.45) is 5.65. The molecule has 0 unspecified atom stereocenters. The molecule has 2 saturated heterocycles. The number of nitrogens with one attached hydrogen (secondary N) is 1. The van der Waals surface area contributed by atoms with Crippen molar-refractivity contribution in [3.05, 3.63) is 76.0 Å². The zero-order valence-corrected chi connectivity index (χ0v) is 28.4. The lowest BCUT2D eigenvalue weighted by Crippen LogP contribution is -2.55. The largest absolute Gasteiger partial charge is 0.481 e. The Balaban J connectivity index is 1.23. The Morgan fingerprint density at radius 1 is 0.936 bits per heavy atom. The van der Waals surface area contributed by atoms with E-state index in [1.165, 1.54) is 0 Å². The number of methoxy groups -OCH3 is 2. The van der Waals surface area contributed by atoms with Crippen LogP contribution < -0.4 is 14.8 Å². The first kappa shape index (κ1) is 33.2. The van der Waals surface area contributed by atoms with Crippen LogP contribution in [0.1, 0.15) is 43.9 Å². The molecule has 6 rings (SSSR count). The lowest BCUT2D eigenvalue weighted by atomic mass is 9.83. The highest BCUT2D eigenvalue weighted by Gasteiger charge is 2.38. The van der Waals surface area contributed by atoms with Crippen LogP contribution in [0.5, 0.6) is 11.8 Å². The number of carbonyl (C=O) groups is 1. The van der Waals surface area contributed by atoms with Gasteiger partial charge in [-0.25, -0.2) is 9.97 Å². The van der Waals surface area contributed by atoms with Crippen molar-refractivity contribution in [3.63, 3.8) is 0 Å². The number of aromatic nitrogens is 3. The highest BCUT2D eigenvalue weighted by molar-refractivity contribution is 6.39. The zero-order chi connectivity index (χ0) is 33.1. The fraction of sp³-hybridized carbons (Fsp3) is 0.389. The first-order chi connectivity index (χ1) is 22.7. The minimum absolute atomic E-state index is 0.0496. The van der Waals surface area contributed by atoms with E-state index in [4.69, 9.17) is 42.6 Å². The van der Waals surface area contributed by atoms with Gasteiger partial charge in [-0.2, -0.15) is 0 Å². The van der Waals surface area contributed by atoms with Gasteiger partial charge in [-0.05, 0) is 31.7 Å². The van der Waals surface area contributed by atoms with Crippen LogP contribution in [0, 0.1) is 5.41 Å². The summed E-state index contributed by atoms with van der Waals surface area (Å²) in [4.78, 5) is 28.1. The van der Waals surface area contributed by atoms with Crippen LogP contribution in [0.3, 0.4) is 0 Å². The van der Waals surface area contributed by atoms with E-state index in [1.807, 2.05) is 48.5 Å². The number of likely N-dealkylation sites (tertiary alicyclic amines) is 1. The Morgan fingerprint density at radius 3 is 2.19 bits per heavy atom. The van der Waals surface area contributed by atoms with Crippen molar-refractivity contribution in [3.8, 4) is 45.4 Å². The van der Waals surface area contributed by atoms with Gasteiger partial charge in [0.15, 0.2) is 0 Å². The Hall–Kier alpha value is -3.76. The SMILES string of the molecule is COc1nc(-c2cccc(-c3cccc(-c4cnc(CCC[C@@H]5CCC(=O)N5)c(OC)n4)c3Cl)c2Cl)ccc1CN1CC(C)(CO)C1. The summed E-state index contributed by atoms with van der Waals surface area (Å²) >= 11 is 14.1. The molecule has 0 aliphatic carbocycles. The first-order valence-corrected chi connectivity index (χ1v) is 16.6. The van der Waals surface area contributed by atoms with E-state index in [2.05, 4.69) is 22.1 Å². The third-order valence-electron chi connectivity index (χ3n) is 9.01. The standard InChI is InChI=1S/C36H39Cl2N5O4/c1-36(21-44)19-43(20-36)18-22-13-15-28(41-34(22)46-2)26-10-5-8-24(32(26)37)25-9-6-11-27(33(25)38)30-17-39-29(35(42-30)47-3)12-4-7-23-14-16-31(45)40-23/h5-6,8-11,13,15,17,23,44H,4,7,12,14,16,18-21H2,1-3H3,(H,40,45)/t23-/m1/s1. The monoisotopic (exact) mass is 675 g/mol. The molecule has 9 nitrogen and oxygen atoms in total. The number of benzene rings is 2. The van der Waals surface area contributed by atoms with E-state index in [0.717, 1.165) is 60.3 Å². The maximum Gasteiger partial charge on any atom is 0.235 e. The number of aliphatic hydroxyl groups is 1. The maximum atomic E-state index is 11.5. The van der Waals surface area contributed by atoms with Crippen molar-refractivity contribution < 1.29 is 19.4 Å². The number of amides is 1. The molecular formula is C36H39Cl2N5O4. The second-order valence-corrected chi connectivity index (χ2v) is 13.5. The number of halogens is 2. The predicted octanol–water partition coefficient (Wildman–Crippen LogP) is 6.61. The van der Waals surface area contributed by atoms with Gasteiger partial charge in [0.05, 0.1) is 48.5 Å². The summed E-state index contributed by atoms with van der Waals surface area (Å²) in [5.74, 6) is 1.13. The van der Waals surface area contributed by atoms with Crippen LogP contribution in [0.2, 0.25) is 10.0 Å². The van der Waals surface area contributed by atoms with Gasteiger partial charge < -0.3 is 19.9 Å². The minimum Gasteiger partial charge on any atom is -0.481 e. The number of carbonyl (C=O) groups excluding carboxylic acids is 1. The van der Waals surface area contributed by atoms with Gasteiger partial charge in [-0.15, -0.1) is 0 Å². The molecule has 11 heteroatoms. The summed E-state index contributed by atoms with van der Waals surface area (Å²) in [7, 11) is 3.21. The van der Waals surface area contributed by atoms with Crippen LogP contribution in [0.15, 0.2) is 54.7 Å². The van der Waals surface area contributed by atoms with Gasteiger partial charge in [-0.3, -0.25) is 14.7 Å². The molecule has 2 fully saturated rings. The molecule has 2 aliphatic rings. The number of aryl methyl sites for hydroxylation is 1. The van der Waals surface area contributed by atoms with Crippen LogP contribution in [0.25, 0.3) is 33.6 Å². The zero-order valence-electron chi connectivity index (χ0n) is 26.9. The predicted molar refractivity (Wildman–Crippen MR) is 184 cm³/mol. The molecule has 0 spiro atoms. The molecule has 1 amide bonds. The summed E-state index contributed by atoms with van der Waals surface area (Å²) in [5, 5.41) is 13.6. The van der Waals surface area contributed by atoms with Gasteiger partial charge in [0.1, 0.15) is 5.69 Å².